The topological polar surface area (TPSA) is 38.1 Å². The number of amides is 1. The maximum absolute atomic E-state index is 12.6. The van der Waals surface area contributed by atoms with E-state index in [1.165, 1.54) is 5.56 Å². The first-order valence-electron chi connectivity index (χ1n) is 8.85. The van der Waals surface area contributed by atoms with Crippen LogP contribution in [0.3, 0.4) is 0 Å². The van der Waals surface area contributed by atoms with E-state index >= 15 is 0 Å². The molecule has 4 heteroatoms. The number of likely N-dealkylation sites (tertiary alicyclic amines) is 1. The average molecular weight is 325 g/mol. The second kappa shape index (κ2) is 7.20. The quantitative estimate of drug-likeness (QED) is 0.866. The summed E-state index contributed by atoms with van der Waals surface area (Å²) in [6, 6.07) is 10.7. The number of piperidine rings is 1. The van der Waals surface area contributed by atoms with Crippen LogP contribution in [-0.4, -0.2) is 33.7 Å². The Kier molecular flexibility index (Phi) is 5.03. The predicted octanol–water partition coefficient (Wildman–Crippen LogP) is 3.06. The van der Waals surface area contributed by atoms with Crippen molar-refractivity contribution in [1.82, 2.24) is 14.7 Å². The van der Waals surface area contributed by atoms with Gasteiger partial charge in [0.15, 0.2) is 0 Å². The highest BCUT2D eigenvalue weighted by atomic mass is 16.2. The predicted molar refractivity (Wildman–Crippen MR) is 95.8 cm³/mol. The molecule has 4 nitrogen and oxygen atoms in total. The van der Waals surface area contributed by atoms with Crippen molar-refractivity contribution in [3.63, 3.8) is 0 Å². The van der Waals surface area contributed by atoms with Crippen LogP contribution in [0, 0.1) is 19.8 Å². The molecule has 0 spiro atoms. The fourth-order valence-electron chi connectivity index (χ4n) is 3.67. The van der Waals surface area contributed by atoms with Crippen LogP contribution >= 0.6 is 0 Å². The van der Waals surface area contributed by atoms with E-state index in [4.69, 9.17) is 0 Å². The lowest BCUT2D eigenvalue weighted by Gasteiger charge is -2.32. The normalized spacial score (nSPS) is 15.7. The standard InChI is InChI=1S/C20H27N3O/c1-15-19(16(2)22(3)21-15)14-20(24)23-11-9-18(10-12-23)13-17-7-5-4-6-8-17/h4-8,18H,9-14H2,1-3H3. The van der Waals surface area contributed by atoms with Gasteiger partial charge in [-0.05, 0) is 44.6 Å². The Morgan fingerprint density at radius 3 is 2.42 bits per heavy atom. The van der Waals surface area contributed by atoms with Gasteiger partial charge >= 0.3 is 0 Å². The first kappa shape index (κ1) is 16.7. The second-order valence-electron chi connectivity index (χ2n) is 6.96. The number of benzene rings is 1. The largest absolute Gasteiger partial charge is 0.342 e. The van der Waals surface area contributed by atoms with Crippen molar-refractivity contribution in [3.05, 3.63) is 52.8 Å². The monoisotopic (exact) mass is 325 g/mol. The molecule has 0 N–H and O–H groups in total. The smallest absolute Gasteiger partial charge is 0.227 e. The molecule has 3 rings (SSSR count). The zero-order valence-corrected chi connectivity index (χ0v) is 15.0. The van der Waals surface area contributed by atoms with Gasteiger partial charge in [0.25, 0.3) is 0 Å². The van der Waals surface area contributed by atoms with E-state index in [2.05, 4.69) is 35.4 Å². The van der Waals surface area contributed by atoms with Gasteiger partial charge in [0.05, 0.1) is 12.1 Å². The minimum atomic E-state index is 0.243. The van der Waals surface area contributed by atoms with Gasteiger partial charge in [-0.15, -0.1) is 0 Å². The first-order chi connectivity index (χ1) is 11.5. The highest BCUT2D eigenvalue weighted by Crippen LogP contribution is 2.23. The summed E-state index contributed by atoms with van der Waals surface area (Å²) in [5.41, 5.74) is 4.57. The van der Waals surface area contributed by atoms with Gasteiger partial charge in [0.1, 0.15) is 0 Å². The Bertz CT molecular complexity index is 697. The van der Waals surface area contributed by atoms with Crippen molar-refractivity contribution in [3.8, 4) is 0 Å². The number of hydrogen-bond donors (Lipinski definition) is 0. The number of nitrogens with zero attached hydrogens (tertiary/aromatic N) is 3. The summed E-state index contributed by atoms with van der Waals surface area (Å²) in [6.07, 6.45) is 3.82. The minimum absolute atomic E-state index is 0.243. The zero-order chi connectivity index (χ0) is 17.1. The van der Waals surface area contributed by atoms with E-state index in [1.54, 1.807) is 0 Å². The van der Waals surface area contributed by atoms with Gasteiger partial charge < -0.3 is 4.90 Å². The van der Waals surface area contributed by atoms with E-state index in [0.717, 1.165) is 49.3 Å². The van der Waals surface area contributed by atoms with Crippen molar-refractivity contribution in [2.75, 3.05) is 13.1 Å². The molecule has 0 atom stereocenters. The van der Waals surface area contributed by atoms with Crippen LogP contribution in [-0.2, 0) is 24.7 Å². The maximum Gasteiger partial charge on any atom is 0.227 e. The van der Waals surface area contributed by atoms with Crippen molar-refractivity contribution in [2.45, 2.75) is 39.5 Å². The molecule has 0 unspecified atom stereocenters. The summed E-state index contributed by atoms with van der Waals surface area (Å²) in [5, 5.41) is 4.41. The Morgan fingerprint density at radius 2 is 1.83 bits per heavy atom. The van der Waals surface area contributed by atoms with Crippen LogP contribution < -0.4 is 0 Å². The molecule has 1 fully saturated rings. The van der Waals surface area contributed by atoms with Crippen LogP contribution in [0.25, 0.3) is 0 Å². The Hall–Kier alpha value is -2.10. The number of aryl methyl sites for hydroxylation is 2. The summed E-state index contributed by atoms with van der Waals surface area (Å²) >= 11 is 0. The number of hydrogen-bond acceptors (Lipinski definition) is 2. The summed E-state index contributed by atoms with van der Waals surface area (Å²) < 4.78 is 1.87. The molecule has 0 bridgehead atoms. The molecule has 0 aliphatic carbocycles. The molecular formula is C20H27N3O. The van der Waals surface area contributed by atoms with Crippen LogP contribution in [0.5, 0.6) is 0 Å². The van der Waals surface area contributed by atoms with Gasteiger partial charge in [-0.25, -0.2) is 0 Å². The van der Waals surface area contributed by atoms with E-state index < -0.39 is 0 Å². The molecule has 2 heterocycles. The molecule has 1 aliphatic rings. The van der Waals surface area contributed by atoms with Gasteiger partial charge in [-0.2, -0.15) is 5.10 Å². The molecule has 0 saturated carbocycles. The molecule has 1 amide bonds. The average Bonchev–Trinajstić information content (AvgIpc) is 2.83. The van der Waals surface area contributed by atoms with E-state index in [0.29, 0.717) is 12.3 Å². The summed E-state index contributed by atoms with van der Waals surface area (Å²) in [6.45, 7) is 5.79. The lowest BCUT2D eigenvalue weighted by atomic mass is 9.90. The Labute approximate surface area is 144 Å². The third-order valence-electron chi connectivity index (χ3n) is 5.32. The molecule has 2 aromatic rings. The van der Waals surface area contributed by atoms with E-state index in [9.17, 15) is 4.79 Å². The van der Waals surface area contributed by atoms with Crippen LogP contribution in [0.1, 0.15) is 35.4 Å². The van der Waals surface area contributed by atoms with Crippen molar-refractivity contribution in [1.29, 1.82) is 0 Å². The highest BCUT2D eigenvalue weighted by molar-refractivity contribution is 5.79. The van der Waals surface area contributed by atoms with Crippen molar-refractivity contribution < 1.29 is 4.79 Å². The van der Waals surface area contributed by atoms with Crippen molar-refractivity contribution >= 4 is 5.91 Å². The highest BCUT2D eigenvalue weighted by Gasteiger charge is 2.24. The Morgan fingerprint density at radius 1 is 1.17 bits per heavy atom. The molecule has 24 heavy (non-hydrogen) atoms. The summed E-state index contributed by atoms with van der Waals surface area (Å²) in [7, 11) is 1.94. The first-order valence-corrected chi connectivity index (χ1v) is 8.85. The summed E-state index contributed by atoms with van der Waals surface area (Å²) in [5.74, 6) is 0.936. The van der Waals surface area contributed by atoms with Gasteiger partial charge in [0, 0.05) is 31.4 Å². The van der Waals surface area contributed by atoms with E-state index in [-0.39, 0.29) is 5.91 Å². The lowest BCUT2D eigenvalue weighted by Crippen LogP contribution is -2.39. The van der Waals surface area contributed by atoms with Crippen LogP contribution in [0.15, 0.2) is 30.3 Å². The lowest BCUT2D eigenvalue weighted by molar-refractivity contribution is -0.131. The number of rotatable bonds is 4. The number of aromatic nitrogens is 2. The second-order valence-corrected chi connectivity index (χ2v) is 6.96. The number of carbonyl (C=O) groups excluding carboxylic acids is 1. The van der Waals surface area contributed by atoms with Gasteiger partial charge in [-0.3, -0.25) is 9.48 Å². The summed E-state index contributed by atoms with van der Waals surface area (Å²) in [4.78, 5) is 14.7. The van der Waals surface area contributed by atoms with E-state index in [1.807, 2.05) is 30.5 Å². The third kappa shape index (κ3) is 3.69. The zero-order valence-electron chi connectivity index (χ0n) is 15.0. The van der Waals surface area contributed by atoms with Gasteiger partial charge in [0.2, 0.25) is 5.91 Å². The molecule has 1 aromatic carbocycles. The number of carbonyl (C=O) groups is 1. The molecule has 1 aliphatic heterocycles. The molecule has 1 aromatic heterocycles. The Balaban J connectivity index is 1.53. The van der Waals surface area contributed by atoms with Crippen LogP contribution in [0.2, 0.25) is 0 Å². The molecule has 0 radical (unpaired) electrons. The molecular weight excluding hydrogens is 298 g/mol. The maximum atomic E-state index is 12.6. The van der Waals surface area contributed by atoms with Gasteiger partial charge in [-0.1, -0.05) is 30.3 Å². The fourth-order valence-corrected chi connectivity index (χ4v) is 3.67. The van der Waals surface area contributed by atoms with Crippen molar-refractivity contribution in [2.24, 2.45) is 13.0 Å². The van der Waals surface area contributed by atoms with Crippen LogP contribution in [0.4, 0.5) is 0 Å². The fraction of sp³-hybridized carbons (Fsp3) is 0.500. The SMILES string of the molecule is Cc1nn(C)c(C)c1CC(=O)N1CCC(Cc2ccccc2)CC1. The third-order valence-corrected chi connectivity index (χ3v) is 5.32. The molecule has 128 valence electrons. The minimum Gasteiger partial charge on any atom is -0.342 e. The molecule has 1 saturated heterocycles.